The molecule has 3 heterocycles. The summed E-state index contributed by atoms with van der Waals surface area (Å²) in [4.78, 5) is 19.0. The maximum absolute atomic E-state index is 12.7. The largest absolute Gasteiger partial charge is 0.454 e. The Kier molecular flexibility index (Phi) is 4.34. The van der Waals surface area contributed by atoms with Crippen LogP contribution in [0.5, 0.6) is 11.5 Å². The van der Waals surface area contributed by atoms with E-state index in [-0.39, 0.29) is 12.7 Å². The van der Waals surface area contributed by atoms with Gasteiger partial charge in [0.25, 0.3) is 0 Å². The number of hydrogen-bond donors (Lipinski definition) is 0. The molecule has 1 aromatic carbocycles. The molecule has 1 unspecified atom stereocenters. The fourth-order valence-corrected chi connectivity index (χ4v) is 3.69. The lowest BCUT2D eigenvalue weighted by Crippen LogP contribution is -2.40. The van der Waals surface area contributed by atoms with E-state index in [0.717, 1.165) is 55.2 Å². The van der Waals surface area contributed by atoms with Gasteiger partial charge in [0, 0.05) is 31.9 Å². The quantitative estimate of drug-likeness (QED) is 0.858. The molecule has 0 bridgehead atoms. The molecule has 2 aromatic rings. The van der Waals surface area contributed by atoms with E-state index in [2.05, 4.69) is 9.55 Å². The first-order chi connectivity index (χ1) is 12.2. The second-order valence-corrected chi connectivity index (χ2v) is 6.71. The Morgan fingerprint density at radius 3 is 3.04 bits per heavy atom. The highest BCUT2D eigenvalue weighted by Crippen LogP contribution is 2.33. The minimum Gasteiger partial charge on any atom is -0.454 e. The van der Waals surface area contributed by atoms with Gasteiger partial charge in [0.15, 0.2) is 11.5 Å². The van der Waals surface area contributed by atoms with Crippen molar-refractivity contribution in [3.05, 3.63) is 42.0 Å². The number of aromatic nitrogens is 2. The molecule has 1 aromatic heterocycles. The summed E-state index contributed by atoms with van der Waals surface area (Å²) in [6, 6.07) is 6.24. The van der Waals surface area contributed by atoms with Crippen LogP contribution in [0.4, 0.5) is 0 Å². The van der Waals surface area contributed by atoms with Crippen LogP contribution in [0.1, 0.15) is 36.7 Å². The van der Waals surface area contributed by atoms with Crippen LogP contribution in [0, 0.1) is 6.92 Å². The first-order valence-corrected chi connectivity index (χ1v) is 8.86. The molecule has 0 spiro atoms. The third-order valence-electron chi connectivity index (χ3n) is 5.07. The molecule has 1 fully saturated rings. The van der Waals surface area contributed by atoms with Crippen molar-refractivity contribution in [1.82, 2.24) is 14.5 Å². The number of rotatable bonds is 4. The number of nitrogens with zero attached hydrogens (tertiary/aromatic N) is 3. The zero-order valence-electron chi connectivity index (χ0n) is 14.5. The molecule has 0 radical (unpaired) electrons. The highest BCUT2D eigenvalue weighted by atomic mass is 16.7. The molecule has 2 aliphatic heterocycles. The predicted octanol–water partition coefficient (Wildman–Crippen LogP) is 2.72. The molecule has 1 saturated heterocycles. The van der Waals surface area contributed by atoms with Gasteiger partial charge in [0.1, 0.15) is 5.82 Å². The van der Waals surface area contributed by atoms with E-state index in [0.29, 0.717) is 12.5 Å². The lowest BCUT2D eigenvalue weighted by Gasteiger charge is -2.34. The van der Waals surface area contributed by atoms with Gasteiger partial charge in [0.2, 0.25) is 12.7 Å². The highest BCUT2D eigenvalue weighted by molar-refractivity contribution is 5.76. The number of hydrogen-bond acceptors (Lipinski definition) is 4. The van der Waals surface area contributed by atoms with E-state index in [1.807, 2.05) is 42.4 Å². The standard InChI is InChI=1S/C19H23N3O3/c1-14-20-8-10-22(14)16-3-2-9-21(12-16)19(23)7-5-15-4-6-17-18(11-15)25-13-24-17/h4,6,8,10-11,16H,2-3,5,7,9,12-13H2,1H3. The van der Waals surface area contributed by atoms with Gasteiger partial charge in [-0.05, 0) is 43.9 Å². The summed E-state index contributed by atoms with van der Waals surface area (Å²) in [5, 5.41) is 0. The average molecular weight is 341 g/mol. The van der Waals surface area contributed by atoms with Crippen LogP contribution in [-0.2, 0) is 11.2 Å². The normalized spacial score (nSPS) is 19.2. The Morgan fingerprint density at radius 2 is 2.20 bits per heavy atom. The molecule has 6 heteroatoms. The highest BCUT2D eigenvalue weighted by Gasteiger charge is 2.25. The average Bonchev–Trinajstić information content (AvgIpc) is 3.27. The van der Waals surface area contributed by atoms with Crippen molar-refractivity contribution in [2.24, 2.45) is 0 Å². The number of aryl methyl sites for hydroxylation is 2. The van der Waals surface area contributed by atoms with E-state index in [4.69, 9.17) is 9.47 Å². The molecule has 0 aliphatic carbocycles. The smallest absolute Gasteiger partial charge is 0.231 e. The number of likely N-dealkylation sites (tertiary alicyclic amines) is 1. The number of imidazole rings is 1. The molecular weight excluding hydrogens is 318 g/mol. The molecular formula is C19H23N3O3. The summed E-state index contributed by atoms with van der Waals surface area (Å²) >= 11 is 0. The number of carbonyl (C=O) groups excluding carboxylic acids is 1. The minimum absolute atomic E-state index is 0.222. The maximum Gasteiger partial charge on any atom is 0.231 e. The number of amides is 1. The lowest BCUT2D eigenvalue weighted by molar-refractivity contribution is -0.132. The third kappa shape index (κ3) is 3.34. The topological polar surface area (TPSA) is 56.6 Å². The second kappa shape index (κ2) is 6.78. The van der Waals surface area contributed by atoms with Gasteiger partial charge in [-0.3, -0.25) is 4.79 Å². The predicted molar refractivity (Wildman–Crippen MR) is 92.7 cm³/mol. The molecule has 132 valence electrons. The molecule has 0 saturated carbocycles. The Hall–Kier alpha value is -2.50. The van der Waals surface area contributed by atoms with Crippen molar-refractivity contribution in [1.29, 1.82) is 0 Å². The van der Waals surface area contributed by atoms with E-state index >= 15 is 0 Å². The van der Waals surface area contributed by atoms with Crippen molar-refractivity contribution < 1.29 is 14.3 Å². The molecule has 4 rings (SSSR count). The van der Waals surface area contributed by atoms with Crippen LogP contribution in [0.25, 0.3) is 0 Å². The minimum atomic E-state index is 0.222. The summed E-state index contributed by atoms with van der Waals surface area (Å²) in [5.74, 6) is 2.79. The molecule has 0 N–H and O–H groups in total. The summed E-state index contributed by atoms with van der Waals surface area (Å²) < 4.78 is 12.9. The SMILES string of the molecule is Cc1nccn1C1CCCN(C(=O)CCc2ccc3c(c2)OCO3)C1. The third-order valence-corrected chi connectivity index (χ3v) is 5.07. The summed E-state index contributed by atoms with van der Waals surface area (Å²) in [6.07, 6.45) is 7.23. The first-order valence-electron chi connectivity index (χ1n) is 8.86. The molecule has 25 heavy (non-hydrogen) atoms. The lowest BCUT2D eigenvalue weighted by atomic mass is 10.0. The van der Waals surface area contributed by atoms with Crippen LogP contribution in [0.3, 0.4) is 0 Å². The van der Waals surface area contributed by atoms with Crippen LogP contribution >= 0.6 is 0 Å². The molecule has 1 atom stereocenters. The Morgan fingerprint density at radius 1 is 1.32 bits per heavy atom. The van der Waals surface area contributed by atoms with Gasteiger partial charge >= 0.3 is 0 Å². The van der Waals surface area contributed by atoms with Gasteiger partial charge in [-0.15, -0.1) is 0 Å². The Labute approximate surface area is 147 Å². The van der Waals surface area contributed by atoms with Crippen LogP contribution in [0.15, 0.2) is 30.6 Å². The van der Waals surface area contributed by atoms with Gasteiger partial charge in [-0.2, -0.15) is 0 Å². The van der Waals surface area contributed by atoms with E-state index in [9.17, 15) is 4.79 Å². The Balaban J connectivity index is 1.35. The van der Waals surface area contributed by atoms with Crippen molar-refractivity contribution in [3.8, 4) is 11.5 Å². The fraction of sp³-hybridized carbons (Fsp3) is 0.474. The monoisotopic (exact) mass is 341 g/mol. The first kappa shape index (κ1) is 16.0. The molecule has 1 amide bonds. The van der Waals surface area contributed by atoms with Gasteiger partial charge in [-0.1, -0.05) is 6.07 Å². The van der Waals surface area contributed by atoms with Gasteiger partial charge in [-0.25, -0.2) is 4.98 Å². The summed E-state index contributed by atoms with van der Waals surface area (Å²) in [7, 11) is 0. The molecule has 2 aliphatic rings. The molecule has 6 nitrogen and oxygen atoms in total. The van der Waals surface area contributed by atoms with Crippen molar-refractivity contribution in [2.45, 2.75) is 38.6 Å². The van der Waals surface area contributed by atoms with E-state index in [1.54, 1.807) is 0 Å². The number of carbonyl (C=O) groups is 1. The summed E-state index contributed by atoms with van der Waals surface area (Å²) in [6.45, 7) is 3.92. The number of ether oxygens (including phenoxy) is 2. The van der Waals surface area contributed by atoms with Crippen molar-refractivity contribution in [2.75, 3.05) is 19.9 Å². The summed E-state index contributed by atoms with van der Waals surface area (Å²) in [5.41, 5.74) is 1.11. The van der Waals surface area contributed by atoms with Gasteiger partial charge < -0.3 is 18.9 Å². The number of benzene rings is 1. The fourth-order valence-electron chi connectivity index (χ4n) is 3.69. The zero-order chi connectivity index (χ0) is 17.2. The zero-order valence-corrected chi connectivity index (χ0v) is 14.5. The van der Waals surface area contributed by atoms with Gasteiger partial charge in [0.05, 0.1) is 6.04 Å². The van der Waals surface area contributed by atoms with Crippen LogP contribution in [-0.4, -0.2) is 40.2 Å². The van der Waals surface area contributed by atoms with E-state index < -0.39 is 0 Å². The second-order valence-electron chi connectivity index (χ2n) is 6.71. The maximum atomic E-state index is 12.7. The van der Waals surface area contributed by atoms with Crippen LogP contribution in [0.2, 0.25) is 0 Å². The Bertz CT molecular complexity index is 771. The number of piperidine rings is 1. The van der Waals surface area contributed by atoms with Crippen LogP contribution < -0.4 is 9.47 Å². The van der Waals surface area contributed by atoms with Crippen molar-refractivity contribution in [3.63, 3.8) is 0 Å². The van der Waals surface area contributed by atoms with Crippen molar-refractivity contribution >= 4 is 5.91 Å². The van der Waals surface area contributed by atoms with E-state index in [1.165, 1.54) is 0 Å². The number of fused-ring (bicyclic) bond motifs is 1.